The van der Waals surface area contributed by atoms with E-state index in [9.17, 15) is 0 Å². The van der Waals surface area contributed by atoms with Crippen molar-refractivity contribution >= 4 is 11.6 Å². The van der Waals surface area contributed by atoms with Crippen molar-refractivity contribution in [1.29, 1.82) is 0 Å². The molecule has 4 heteroatoms. The third-order valence-corrected chi connectivity index (χ3v) is 3.77. The van der Waals surface area contributed by atoms with Crippen molar-refractivity contribution in [2.24, 2.45) is 5.73 Å². The Hall–Kier alpha value is -1.71. The largest absolute Gasteiger partial charge is 0.490 e. The van der Waals surface area contributed by atoms with Crippen LogP contribution in [0.4, 0.5) is 0 Å². The summed E-state index contributed by atoms with van der Waals surface area (Å²) >= 11 is 5.96. The van der Waals surface area contributed by atoms with E-state index in [1.807, 2.05) is 30.3 Å². The Morgan fingerprint density at radius 1 is 0.957 bits per heavy atom. The van der Waals surface area contributed by atoms with E-state index in [1.165, 1.54) is 5.56 Å². The van der Waals surface area contributed by atoms with Crippen molar-refractivity contribution in [2.75, 3.05) is 13.2 Å². The predicted octanol–water partition coefficient (Wildman–Crippen LogP) is 4.55. The topological polar surface area (TPSA) is 44.5 Å². The number of benzene rings is 2. The second-order valence-corrected chi connectivity index (χ2v) is 6.84. The fraction of sp³-hybridized carbons (Fsp3) is 0.368. The van der Waals surface area contributed by atoms with Gasteiger partial charge in [0.05, 0.1) is 0 Å². The Morgan fingerprint density at radius 3 is 2.26 bits per heavy atom. The van der Waals surface area contributed by atoms with E-state index in [0.29, 0.717) is 24.8 Å². The Balaban J connectivity index is 1.94. The van der Waals surface area contributed by atoms with Crippen LogP contribution in [0.2, 0.25) is 5.02 Å². The van der Waals surface area contributed by atoms with Gasteiger partial charge in [0.15, 0.2) is 0 Å². The van der Waals surface area contributed by atoms with E-state index in [1.54, 1.807) is 6.07 Å². The van der Waals surface area contributed by atoms with E-state index in [4.69, 9.17) is 26.8 Å². The number of ether oxygens (including phenoxy) is 2. The minimum Gasteiger partial charge on any atom is -0.490 e. The second kappa shape index (κ2) is 7.71. The number of hydrogen-bond acceptors (Lipinski definition) is 3. The van der Waals surface area contributed by atoms with Crippen LogP contribution < -0.4 is 15.2 Å². The maximum atomic E-state index is 5.96. The fourth-order valence-electron chi connectivity index (χ4n) is 2.36. The van der Waals surface area contributed by atoms with Gasteiger partial charge in [-0.3, -0.25) is 0 Å². The predicted molar refractivity (Wildman–Crippen MR) is 95.5 cm³/mol. The fourth-order valence-corrected chi connectivity index (χ4v) is 2.56. The molecule has 0 aliphatic heterocycles. The van der Waals surface area contributed by atoms with Gasteiger partial charge < -0.3 is 15.2 Å². The minimum atomic E-state index is 0.0420. The number of hydrogen-bond donors (Lipinski definition) is 1. The molecule has 0 bridgehead atoms. The SMILES string of the molecule is CC(C)(C)c1ccccc1OCCOc1ccc(Cl)cc1CN. The van der Waals surface area contributed by atoms with Crippen molar-refractivity contribution < 1.29 is 9.47 Å². The van der Waals surface area contributed by atoms with Gasteiger partial charge in [0.25, 0.3) is 0 Å². The molecule has 0 fully saturated rings. The summed E-state index contributed by atoms with van der Waals surface area (Å²) in [5, 5.41) is 0.660. The van der Waals surface area contributed by atoms with Gasteiger partial charge in [0.1, 0.15) is 24.7 Å². The summed E-state index contributed by atoms with van der Waals surface area (Å²) in [6.07, 6.45) is 0. The molecule has 0 saturated heterocycles. The van der Waals surface area contributed by atoms with Crippen molar-refractivity contribution in [3.8, 4) is 11.5 Å². The number of para-hydroxylation sites is 1. The summed E-state index contributed by atoms with van der Waals surface area (Å²) in [4.78, 5) is 0. The lowest BCUT2D eigenvalue weighted by Gasteiger charge is -2.22. The molecule has 0 aromatic heterocycles. The lowest BCUT2D eigenvalue weighted by atomic mass is 9.86. The summed E-state index contributed by atoms with van der Waals surface area (Å²) in [5.41, 5.74) is 7.84. The van der Waals surface area contributed by atoms with Crippen LogP contribution >= 0.6 is 11.6 Å². The average Bonchev–Trinajstić information content (AvgIpc) is 2.52. The molecule has 124 valence electrons. The van der Waals surface area contributed by atoms with Gasteiger partial charge in [-0.25, -0.2) is 0 Å². The Kier molecular flexibility index (Phi) is 5.91. The highest BCUT2D eigenvalue weighted by atomic mass is 35.5. The Bertz CT molecular complexity index is 650. The first kappa shape index (κ1) is 17.6. The molecule has 0 heterocycles. The zero-order valence-electron chi connectivity index (χ0n) is 13.9. The Morgan fingerprint density at radius 2 is 1.61 bits per heavy atom. The minimum absolute atomic E-state index is 0.0420. The van der Waals surface area contributed by atoms with E-state index in [-0.39, 0.29) is 5.41 Å². The molecular formula is C19H24ClNO2. The van der Waals surface area contributed by atoms with Crippen LogP contribution in [0, 0.1) is 0 Å². The van der Waals surface area contributed by atoms with Gasteiger partial charge in [-0.05, 0) is 35.2 Å². The summed E-state index contributed by atoms with van der Waals surface area (Å²) in [7, 11) is 0. The van der Waals surface area contributed by atoms with Crippen LogP contribution in [0.15, 0.2) is 42.5 Å². The molecule has 0 aliphatic carbocycles. The number of halogens is 1. The normalized spacial score (nSPS) is 11.3. The first-order valence-corrected chi connectivity index (χ1v) is 8.13. The highest BCUT2D eigenvalue weighted by Crippen LogP contribution is 2.31. The molecule has 0 amide bonds. The first-order chi connectivity index (χ1) is 10.9. The Labute approximate surface area is 143 Å². The second-order valence-electron chi connectivity index (χ2n) is 6.40. The van der Waals surface area contributed by atoms with Crippen LogP contribution in [-0.2, 0) is 12.0 Å². The lowest BCUT2D eigenvalue weighted by molar-refractivity contribution is 0.213. The smallest absolute Gasteiger partial charge is 0.124 e. The van der Waals surface area contributed by atoms with E-state index >= 15 is 0 Å². The summed E-state index contributed by atoms with van der Waals surface area (Å²) < 4.78 is 11.7. The van der Waals surface area contributed by atoms with Gasteiger partial charge in [0.2, 0.25) is 0 Å². The van der Waals surface area contributed by atoms with Crippen LogP contribution in [0.3, 0.4) is 0 Å². The van der Waals surface area contributed by atoms with Gasteiger partial charge in [-0.1, -0.05) is 50.6 Å². The molecule has 0 atom stereocenters. The van der Waals surface area contributed by atoms with Crippen LogP contribution in [0.1, 0.15) is 31.9 Å². The van der Waals surface area contributed by atoms with Crippen molar-refractivity contribution in [3.63, 3.8) is 0 Å². The number of rotatable bonds is 6. The van der Waals surface area contributed by atoms with E-state index in [2.05, 4.69) is 26.8 Å². The van der Waals surface area contributed by atoms with Crippen LogP contribution in [-0.4, -0.2) is 13.2 Å². The molecule has 3 nitrogen and oxygen atoms in total. The van der Waals surface area contributed by atoms with Crippen LogP contribution in [0.5, 0.6) is 11.5 Å². The van der Waals surface area contributed by atoms with Gasteiger partial charge in [-0.2, -0.15) is 0 Å². The third kappa shape index (κ3) is 4.88. The molecule has 0 radical (unpaired) electrons. The zero-order valence-corrected chi connectivity index (χ0v) is 14.7. The maximum Gasteiger partial charge on any atom is 0.124 e. The lowest BCUT2D eigenvalue weighted by Crippen LogP contribution is -2.16. The van der Waals surface area contributed by atoms with Crippen molar-refractivity contribution in [3.05, 3.63) is 58.6 Å². The molecule has 2 rings (SSSR count). The molecular weight excluding hydrogens is 310 g/mol. The monoisotopic (exact) mass is 333 g/mol. The maximum absolute atomic E-state index is 5.96. The standard InChI is InChI=1S/C19H24ClNO2/c1-19(2,3)16-6-4-5-7-18(16)23-11-10-22-17-9-8-15(20)12-14(17)13-21/h4-9,12H,10-11,13,21H2,1-3H3. The zero-order chi connectivity index (χ0) is 16.9. The van der Waals surface area contributed by atoms with Gasteiger partial charge in [0, 0.05) is 17.1 Å². The molecule has 0 saturated carbocycles. The summed E-state index contributed by atoms with van der Waals surface area (Å²) in [6.45, 7) is 7.84. The average molecular weight is 334 g/mol. The van der Waals surface area contributed by atoms with Crippen molar-refractivity contribution in [2.45, 2.75) is 32.7 Å². The molecule has 2 aromatic rings. The highest BCUT2D eigenvalue weighted by molar-refractivity contribution is 6.30. The van der Waals surface area contributed by atoms with E-state index in [0.717, 1.165) is 17.1 Å². The highest BCUT2D eigenvalue weighted by Gasteiger charge is 2.18. The molecule has 0 unspecified atom stereocenters. The van der Waals surface area contributed by atoms with Crippen LogP contribution in [0.25, 0.3) is 0 Å². The summed E-state index contributed by atoms with van der Waals surface area (Å²) in [5.74, 6) is 1.66. The van der Waals surface area contributed by atoms with Gasteiger partial charge >= 0.3 is 0 Å². The molecule has 2 aromatic carbocycles. The summed E-state index contributed by atoms with van der Waals surface area (Å²) in [6, 6.07) is 13.6. The van der Waals surface area contributed by atoms with E-state index < -0.39 is 0 Å². The molecule has 0 spiro atoms. The molecule has 0 aliphatic rings. The molecule has 23 heavy (non-hydrogen) atoms. The third-order valence-electron chi connectivity index (χ3n) is 3.54. The quantitative estimate of drug-likeness (QED) is 0.788. The number of nitrogens with two attached hydrogens (primary N) is 1. The molecule has 2 N–H and O–H groups in total. The first-order valence-electron chi connectivity index (χ1n) is 7.75. The van der Waals surface area contributed by atoms with Gasteiger partial charge in [-0.15, -0.1) is 0 Å². The van der Waals surface area contributed by atoms with Crippen molar-refractivity contribution in [1.82, 2.24) is 0 Å².